The molecule has 1 fully saturated rings. The Morgan fingerprint density at radius 2 is 1.02 bits per heavy atom. The van der Waals surface area contributed by atoms with Gasteiger partial charge >= 0.3 is 0 Å². The molecule has 7 aromatic carbocycles. The zero-order chi connectivity index (χ0) is 35.1. The van der Waals surface area contributed by atoms with Gasteiger partial charge in [-0.05, 0) is 105 Å². The van der Waals surface area contributed by atoms with E-state index in [1.165, 1.54) is 110 Å². The summed E-state index contributed by atoms with van der Waals surface area (Å²) in [7, 11) is 0. The fraction of sp³-hybridized carbons (Fsp3) is 0.176. The summed E-state index contributed by atoms with van der Waals surface area (Å²) >= 11 is 0. The molecule has 254 valence electrons. The fourth-order valence-electron chi connectivity index (χ4n) is 9.02. The van der Waals surface area contributed by atoms with Gasteiger partial charge in [0.2, 0.25) is 0 Å². The topological polar surface area (TPSA) is 3.24 Å². The van der Waals surface area contributed by atoms with Crippen molar-refractivity contribution in [1.29, 1.82) is 0 Å². The minimum Gasteiger partial charge on any atom is -0.310 e. The molecule has 0 saturated heterocycles. The first-order chi connectivity index (χ1) is 25.6. The van der Waals surface area contributed by atoms with Gasteiger partial charge in [-0.3, -0.25) is 0 Å². The van der Waals surface area contributed by atoms with Crippen molar-refractivity contribution in [3.63, 3.8) is 0 Å². The molecule has 0 aliphatic heterocycles. The number of nitrogens with zero attached hydrogens (tertiary/aromatic N) is 1. The van der Waals surface area contributed by atoms with E-state index >= 15 is 0 Å². The first-order valence-electron chi connectivity index (χ1n) is 19.1. The van der Waals surface area contributed by atoms with Crippen molar-refractivity contribution < 1.29 is 0 Å². The molecule has 2 aliphatic carbocycles. The Labute approximate surface area is 309 Å². The van der Waals surface area contributed by atoms with Gasteiger partial charge in [-0.25, -0.2) is 0 Å². The van der Waals surface area contributed by atoms with E-state index in [1.807, 2.05) is 0 Å². The Balaban J connectivity index is 1.22. The SMILES string of the molecule is CC1(C)c2cc(N(c3ccc(C4CCCCC4)cc3)c3ccccc3-c3ccccc3-c3ccccc3)ccc2-c2c(-c3ccccc3)cccc21. The maximum Gasteiger partial charge on any atom is 0.0540 e. The fourth-order valence-corrected chi connectivity index (χ4v) is 9.02. The van der Waals surface area contributed by atoms with Gasteiger partial charge in [0.25, 0.3) is 0 Å². The summed E-state index contributed by atoms with van der Waals surface area (Å²) in [5, 5.41) is 0. The van der Waals surface area contributed by atoms with Gasteiger partial charge in [0.1, 0.15) is 0 Å². The van der Waals surface area contributed by atoms with Crippen LogP contribution in [0.5, 0.6) is 0 Å². The molecule has 0 amide bonds. The second-order valence-corrected chi connectivity index (χ2v) is 15.1. The van der Waals surface area contributed by atoms with E-state index < -0.39 is 0 Å². The lowest BCUT2D eigenvalue weighted by Crippen LogP contribution is -2.17. The van der Waals surface area contributed by atoms with E-state index in [0.29, 0.717) is 5.92 Å². The zero-order valence-electron chi connectivity index (χ0n) is 30.2. The highest BCUT2D eigenvalue weighted by Gasteiger charge is 2.37. The standard InChI is InChI=1S/C51H45N/c1-51(2)47-27-16-26-43(39-21-10-5-11-22-39)50(47)46-34-33-41(35-48(46)51)52(40-31-29-37(30-32-40)36-17-6-3-7-18-36)49-28-15-14-25-45(49)44-24-13-12-23-42(44)38-19-8-4-9-20-38/h4-5,8-16,19-36H,3,6-7,17-18H2,1-2H3. The highest BCUT2D eigenvalue weighted by Crippen LogP contribution is 2.54. The number of benzene rings is 7. The van der Waals surface area contributed by atoms with E-state index in [1.54, 1.807) is 0 Å². The number of para-hydroxylation sites is 1. The second-order valence-electron chi connectivity index (χ2n) is 15.1. The van der Waals surface area contributed by atoms with Crippen LogP contribution in [0.3, 0.4) is 0 Å². The molecule has 0 atom stereocenters. The van der Waals surface area contributed by atoms with Gasteiger partial charge < -0.3 is 4.90 Å². The van der Waals surface area contributed by atoms with Crippen LogP contribution < -0.4 is 4.90 Å². The molecule has 0 heterocycles. The Hall–Kier alpha value is -5.66. The summed E-state index contributed by atoms with van der Waals surface area (Å²) in [6.07, 6.45) is 6.65. The average molecular weight is 672 g/mol. The normalized spacial score (nSPS) is 14.8. The molecule has 9 rings (SSSR count). The Morgan fingerprint density at radius 1 is 0.442 bits per heavy atom. The third kappa shape index (κ3) is 5.66. The molecule has 1 saturated carbocycles. The molecule has 0 radical (unpaired) electrons. The van der Waals surface area contributed by atoms with Gasteiger partial charge in [0.05, 0.1) is 5.69 Å². The summed E-state index contributed by atoms with van der Waals surface area (Å²) < 4.78 is 0. The lowest BCUT2D eigenvalue weighted by Gasteiger charge is -2.30. The molecule has 0 aromatic heterocycles. The molecule has 0 N–H and O–H groups in total. The lowest BCUT2D eigenvalue weighted by atomic mass is 9.81. The van der Waals surface area contributed by atoms with Gasteiger partial charge in [0.15, 0.2) is 0 Å². The number of rotatable bonds is 7. The van der Waals surface area contributed by atoms with Crippen molar-refractivity contribution in [3.8, 4) is 44.5 Å². The average Bonchev–Trinajstić information content (AvgIpc) is 3.45. The van der Waals surface area contributed by atoms with Crippen LogP contribution in [0.1, 0.15) is 68.6 Å². The van der Waals surface area contributed by atoms with Gasteiger partial charge in [0, 0.05) is 22.4 Å². The van der Waals surface area contributed by atoms with Crippen LogP contribution >= 0.6 is 0 Å². The van der Waals surface area contributed by atoms with Crippen molar-refractivity contribution >= 4 is 17.1 Å². The van der Waals surface area contributed by atoms with Crippen molar-refractivity contribution in [2.45, 2.75) is 57.3 Å². The van der Waals surface area contributed by atoms with Gasteiger partial charge in [-0.15, -0.1) is 0 Å². The molecule has 0 bridgehead atoms. The van der Waals surface area contributed by atoms with Crippen molar-refractivity contribution in [1.82, 2.24) is 0 Å². The summed E-state index contributed by atoms with van der Waals surface area (Å²) in [6, 6.07) is 63.0. The van der Waals surface area contributed by atoms with Crippen LogP contribution in [0.4, 0.5) is 17.1 Å². The van der Waals surface area contributed by atoms with E-state index in [9.17, 15) is 0 Å². The van der Waals surface area contributed by atoms with Crippen molar-refractivity contribution in [3.05, 3.63) is 187 Å². The molecule has 7 aromatic rings. The lowest BCUT2D eigenvalue weighted by molar-refractivity contribution is 0.443. The quantitative estimate of drug-likeness (QED) is 0.163. The third-order valence-electron chi connectivity index (χ3n) is 11.7. The minimum absolute atomic E-state index is 0.151. The maximum absolute atomic E-state index is 2.50. The van der Waals surface area contributed by atoms with E-state index in [4.69, 9.17) is 0 Å². The molecule has 1 heteroatoms. The molecule has 2 aliphatic rings. The van der Waals surface area contributed by atoms with Crippen LogP contribution in [0.2, 0.25) is 0 Å². The number of fused-ring (bicyclic) bond motifs is 3. The zero-order valence-corrected chi connectivity index (χ0v) is 30.2. The number of hydrogen-bond donors (Lipinski definition) is 0. The third-order valence-corrected chi connectivity index (χ3v) is 11.7. The highest BCUT2D eigenvalue weighted by molar-refractivity contribution is 5.96. The predicted octanol–water partition coefficient (Wildman–Crippen LogP) is 14.5. The summed E-state index contributed by atoms with van der Waals surface area (Å²) in [6.45, 7) is 4.78. The molecule has 52 heavy (non-hydrogen) atoms. The van der Waals surface area contributed by atoms with Crippen LogP contribution in [0.15, 0.2) is 170 Å². The Morgan fingerprint density at radius 3 is 1.73 bits per heavy atom. The maximum atomic E-state index is 2.50. The first-order valence-corrected chi connectivity index (χ1v) is 19.1. The van der Waals surface area contributed by atoms with Crippen molar-refractivity contribution in [2.24, 2.45) is 0 Å². The number of anilines is 3. The van der Waals surface area contributed by atoms with Crippen LogP contribution in [-0.4, -0.2) is 0 Å². The highest BCUT2D eigenvalue weighted by atomic mass is 15.1. The number of hydrogen-bond acceptors (Lipinski definition) is 1. The Kier molecular flexibility index (Phi) is 8.36. The van der Waals surface area contributed by atoms with Crippen molar-refractivity contribution in [2.75, 3.05) is 4.90 Å². The largest absolute Gasteiger partial charge is 0.310 e. The minimum atomic E-state index is -0.151. The van der Waals surface area contributed by atoms with Crippen LogP contribution in [-0.2, 0) is 5.41 Å². The van der Waals surface area contributed by atoms with Gasteiger partial charge in [-0.2, -0.15) is 0 Å². The van der Waals surface area contributed by atoms with E-state index in [0.717, 1.165) is 0 Å². The molecular formula is C51H45N. The molecule has 0 spiro atoms. The smallest absolute Gasteiger partial charge is 0.0540 e. The predicted molar refractivity (Wildman–Crippen MR) is 221 cm³/mol. The van der Waals surface area contributed by atoms with Crippen LogP contribution in [0.25, 0.3) is 44.5 Å². The monoisotopic (exact) mass is 671 g/mol. The molecular weight excluding hydrogens is 627 g/mol. The first kappa shape index (κ1) is 32.3. The summed E-state index contributed by atoms with van der Waals surface area (Å²) in [5.41, 5.74) is 17.8. The molecule has 1 nitrogen and oxygen atoms in total. The van der Waals surface area contributed by atoms with E-state index in [-0.39, 0.29) is 5.41 Å². The summed E-state index contributed by atoms with van der Waals surface area (Å²) in [5.74, 6) is 0.666. The van der Waals surface area contributed by atoms with Crippen LogP contribution in [0, 0.1) is 0 Å². The van der Waals surface area contributed by atoms with Gasteiger partial charge in [-0.1, -0.05) is 173 Å². The second kappa shape index (κ2) is 13.5. The Bertz CT molecular complexity index is 2340. The van der Waals surface area contributed by atoms with E-state index in [2.05, 4.69) is 189 Å². The summed E-state index contributed by atoms with van der Waals surface area (Å²) in [4.78, 5) is 2.50. The molecule has 0 unspecified atom stereocenters.